The summed E-state index contributed by atoms with van der Waals surface area (Å²) in [7, 11) is 1.50. The van der Waals surface area contributed by atoms with Gasteiger partial charge in [-0.2, -0.15) is 0 Å². The highest BCUT2D eigenvalue weighted by molar-refractivity contribution is 5.84. The molecule has 1 amide bonds. The Kier molecular flexibility index (Phi) is 5.97. The maximum Gasteiger partial charge on any atom is 0.356 e. The number of carbonyl (C=O) groups excluding carboxylic acids is 1. The maximum absolute atomic E-state index is 11.5. The first kappa shape index (κ1) is 15.1. The van der Waals surface area contributed by atoms with E-state index >= 15 is 0 Å². The molecule has 0 bridgehead atoms. The summed E-state index contributed by atoms with van der Waals surface area (Å²) in [6, 6.07) is 0. The topological polar surface area (TPSA) is 119 Å². The van der Waals surface area contributed by atoms with E-state index in [1.165, 1.54) is 19.6 Å². The van der Waals surface area contributed by atoms with E-state index in [9.17, 15) is 9.59 Å². The van der Waals surface area contributed by atoms with Gasteiger partial charge in [-0.1, -0.05) is 0 Å². The second-order valence-electron chi connectivity index (χ2n) is 3.95. The molecule has 1 heterocycles. The number of aromatic nitrogens is 2. The first-order chi connectivity index (χ1) is 9.06. The lowest BCUT2D eigenvalue weighted by Crippen LogP contribution is -2.33. The molecule has 8 nitrogen and oxygen atoms in total. The number of hydrogen-bond donors (Lipinski definition) is 3. The van der Waals surface area contributed by atoms with E-state index in [4.69, 9.17) is 15.6 Å². The van der Waals surface area contributed by atoms with Crippen LogP contribution in [0.25, 0.3) is 0 Å². The monoisotopic (exact) mass is 270 g/mol. The smallest absolute Gasteiger partial charge is 0.356 e. The number of nitrogens with one attached hydrogen (secondary N) is 1. The fourth-order valence-electron chi connectivity index (χ4n) is 1.46. The Morgan fingerprint density at radius 3 is 2.89 bits per heavy atom. The number of rotatable bonds is 8. The lowest BCUT2D eigenvalue weighted by molar-refractivity contribution is -0.123. The van der Waals surface area contributed by atoms with Crippen LogP contribution in [0, 0.1) is 0 Å². The van der Waals surface area contributed by atoms with Crippen LogP contribution >= 0.6 is 0 Å². The van der Waals surface area contributed by atoms with Crippen LogP contribution in [0.15, 0.2) is 12.5 Å². The predicted octanol–water partition coefficient (Wildman–Crippen LogP) is -0.939. The predicted molar refractivity (Wildman–Crippen MR) is 66.7 cm³/mol. The van der Waals surface area contributed by atoms with Crippen molar-refractivity contribution in [2.24, 2.45) is 5.73 Å². The molecule has 1 aromatic rings. The normalized spacial score (nSPS) is 12.1. The van der Waals surface area contributed by atoms with Crippen LogP contribution in [-0.2, 0) is 16.1 Å². The summed E-state index contributed by atoms with van der Waals surface area (Å²) in [6.45, 7) is 1.12. The van der Waals surface area contributed by atoms with Gasteiger partial charge in [0, 0.05) is 32.9 Å². The SMILES string of the molecule is COC(CN)CC(=O)NCCn1cnc(C(=O)O)c1. The highest BCUT2D eigenvalue weighted by Gasteiger charge is 2.11. The third-order valence-corrected chi connectivity index (χ3v) is 2.55. The molecule has 1 atom stereocenters. The number of ether oxygens (including phenoxy) is 1. The van der Waals surface area contributed by atoms with Crippen molar-refractivity contribution < 1.29 is 19.4 Å². The second-order valence-corrected chi connectivity index (χ2v) is 3.95. The number of nitrogens with zero attached hydrogens (tertiary/aromatic N) is 2. The molecular weight excluding hydrogens is 252 g/mol. The van der Waals surface area contributed by atoms with Crippen molar-refractivity contribution in [3.05, 3.63) is 18.2 Å². The molecule has 106 valence electrons. The molecule has 0 aromatic carbocycles. The number of carboxylic acids is 1. The summed E-state index contributed by atoms with van der Waals surface area (Å²) in [5, 5.41) is 11.4. The average Bonchev–Trinajstić information content (AvgIpc) is 2.85. The minimum atomic E-state index is -1.08. The zero-order valence-electron chi connectivity index (χ0n) is 10.7. The molecule has 0 radical (unpaired) electrons. The minimum absolute atomic E-state index is 0.0195. The number of imidazole rings is 1. The van der Waals surface area contributed by atoms with Gasteiger partial charge in [-0.05, 0) is 0 Å². The van der Waals surface area contributed by atoms with Crippen LogP contribution < -0.4 is 11.1 Å². The Morgan fingerprint density at radius 2 is 2.37 bits per heavy atom. The van der Waals surface area contributed by atoms with Gasteiger partial charge in [0.05, 0.1) is 18.9 Å². The van der Waals surface area contributed by atoms with Gasteiger partial charge in [-0.3, -0.25) is 4.79 Å². The van der Waals surface area contributed by atoms with Gasteiger partial charge in [-0.25, -0.2) is 9.78 Å². The Bertz CT molecular complexity index is 428. The molecule has 1 unspecified atom stereocenters. The molecule has 4 N–H and O–H groups in total. The highest BCUT2D eigenvalue weighted by atomic mass is 16.5. The molecule has 0 saturated heterocycles. The van der Waals surface area contributed by atoms with Gasteiger partial charge in [0.15, 0.2) is 5.69 Å². The van der Waals surface area contributed by atoms with Crippen molar-refractivity contribution >= 4 is 11.9 Å². The fraction of sp³-hybridized carbons (Fsp3) is 0.545. The van der Waals surface area contributed by atoms with Gasteiger partial charge in [0.2, 0.25) is 5.91 Å². The lowest BCUT2D eigenvalue weighted by Gasteiger charge is -2.12. The van der Waals surface area contributed by atoms with E-state index < -0.39 is 5.97 Å². The van der Waals surface area contributed by atoms with Crippen molar-refractivity contribution in [1.82, 2.24) is 14.9 Å². The van der Waals surface area contributed by atoms with Crippen LogP contribution in [0.3, 0.4) is 0 Å². The summed E-state index contributed by atoms with van der Waals surface area (Å²) in [5.74, 6) is -1.23. The summed E-state index contributed by atoms with van der Waals surface area (Å²) in [5.41, 5.74) is 5.39. The summed E-state index contributed by atoms with van der Waals surface area (Å²) < 4.78 is 6.60. The Balaban J connectivity index is 2.29. The zero-order chi connectivity index (χ0) is 14.3. The highest BCUT2D eigenvalue weighted by Crippen LogP contribution is 1.96. The van der Waals surface area contributed by atoms with Gasteiger partial charge in [-0.15, -0.1) is 0 Å². The van der Waals surface area contributed by atoms with Crippen LogP contribution in [0.5, 0.6) is 0 Å². The molecule has 0 aliphatic heterocycles. The number of hydrogen-bond acceptors (Lipinski definition) is 5. The second kappa shape index (κ2) is 7.49. The van der Waals surface area contributed by atoms with E-state index in [0.717, 1.165) is 0 Å². The zero-order valence-corrected chi connectivity index (χ0v) is 10.7. The molecule has 1 rings (SSSR count). The molecule has 0 saturated carbocycles. The van der Waals surface area contributed by atoms with E-state index in [-0.39, 0.29) is 30.7 Å². The Morgan fingerprint density at radius 1 is 1.63 bits per heavy atom. The Labute approximate surface area is 110 Å². The molecule has 0 aliphatic rings. The number of carbonyl (C=O) groups is 2. The van der Waals surface area contributed by atoms with Crippen LogP contribution in [-0.4, -0.2) is 52.8 Å². The average molecular weight is 270 g/mol. The summed E-state index contributed by atoms with van der Waals surface area (Å²) >= 11 is 0. The van der Waals surface area contributed by atoms with Gasteiger partial charge in [0.1, 0.15) is 0 Å². The maximum atomic E-state index is 11.5. The van der Waals surface area contributed by atoms with Crippen molar-refractivity contribution in [3.63, 3.8) is 0 Å². The minimum Gasteiger partial charge on any atom is -0.476 e. The standard InChI is InChI=1S/C11H18N4O4/c1-19-8(5-12)4-10(16)13-2-3-15-6-9(11(17)18)14-7-15/h6-8H,2-5,12H2,1H3,(H,13,16)(H,17,18). The molecule has 0 fully saturated rings. The molecule has 0 aliphatic carbocycles. The van der Waals surface area contributed by atoms with Gasteiger partial charge in [0.25, 0.3) is 0 Å². The fourth-order valence-corrected chi connectivity index (χ4v) is 1.46. The third-order valence-electron chi connectivity index (χ3n) is 2.55. The Hall–Kier alpha value is -1.93. The van der Waals surface area contributed by atoms with Crippen molar-refractivity contribution in [3.8, 4) is 0 Å². The molecule has 19 heavy (non-hydrogen) atoms. The third kappa shape index (κ3) is 5.06. The first-order valence-corrected chi connectivity index (χ1v) is 5.81. The van der Waals surface area contributed by atoms with Gasteiger partial charge >= 0.3 is 5.97 Å². The van der Waals surface area contributed by atoms with Crippen molar-refractivity contribution in [2.75, 3.05) is 20.2 Å². The number of carboxylic acid groups (broad SMARTS) is 1. The van der Waals surface area contributed by atoms with Gasteiger partial charge < -0.3 is 25.5 Å². The van der Waals surface area contributed by atoms with Crippen molar-refractivity contribution in [2.45, 2.75) is 19.1 Å². The van der Waals surface area contributed by atoms with Crippen LogP contribution in [0.4, 0.5) is 0 Å². The number of aromatic carboxylic acids is 1. The first-order valence-electron chi connectivity index (χ1n) is 5.81. The molecule has 0 spiro atoms. The lowest BCUT2D eigenvalue weighted by atomic mass is 10.2. The van der Waals surface area contributed by atoms with E-state index in [2.05, 4.69) is 10.3 Å². The summed E-state index contributed by atoms with van der Waals surface area (Å²) in [6.07, 6.45) is 2.74. The van der Waals surface area contributed by atoms with Crippen molar-refractivity contribution in [1.29, 1.82) is 0 Å². The molecule has 1 aromatic heterocycles. The molecular formula is C11H18N4O4. The van der Waals surface area contributed by atoms with E-state index in [1.54, 1.807) is 4.57 Å². The quantitative estimate of drug-likeness (QED) is 0.561. The van der Waals surface area contributed by atoms with E-state index in [1.807, 2.05) is 0 Å². The largest absolute Gasteiger partial charge is 0.476 e. The number of nitrogens with two attached hydrogens (primary N) is 1. The van der Waals surface area contributed by atoms with Crippen LogP contribution in [0.1, 0.15) is 16.9 Å². The number of methoxy groups -OCH3 is 1. The molecule has 8 heteroatoms. The number of amides is 1. The van der Waals surface area contributed by atoms with Crippen LogP contribution in [0.2, 0.25) is 0 Å². The van der Waals surface area contributed by atoms with E-state index in [0.29, 0.717) is 13.1 Å². The summed E-state index contributed by atoms with van der Waals surface area (Å²) in [4.78, 5) is 25.8.